The molecule has 3 nitrogen and oxygen atoms in total. The summed E-state index contributed by atoms with van der Waals surface area (Å²) in [7, 11) is 0. The molecule has 0 aliphatic heterocycles. The molecular weight excluding hydrogens is 365 g/mol. The van der Waals surface area contributed by atoms with Gasteiger partial charge in [0.2, 0.25) is 0 Å². The van der Waals surface area contributed by atoms with Crippen LogP contribution in [-0.2, 0) is 13.2 Å². The van der Waals surface area contributed by atoms with Gasteiger partial charge in [-0.1, -0.05) is 19.9 Å². The van der Waals surface area contributed by atoms with Crippen molar-refractivity contribution in [1.82, 2.24) is 5.32 Å². The quantitative estimate of drug-likeness (QED) is 0.755. The molecule has 0 radical (unpaired) electrons. The fourth-order valence-corrected chi connectivity index (χ4v) is 2.36. The smallest absolute Gasteiger partial charge is 0.120 e. The Kier molecular flexibility index (Phi) is 5.48. The summed E-state index contributed by atoms with van der Waals surface area (Å²) in [5.74, 6) is 2.77. The van der Waals surface area contributed by atoms with E-state index in [1.54, 1.807) is 0 Å². The lowest BCUT2D eigenvalue weighted by atomic mass is 10.2. The standard InChI is InChI=1S/C16H20INO2/c1-11(2)18-9-16-7-13(12(3)20-16)10-19-15-6-4-5-14(17)8-15/h4-8,11,18H,9-10H2,1-3H3. The third-order valence-electron chi connectivity index (χ3n) is 2.95. The van der Waals surface area contributed by atoms with E-state index in [0.717, 1.165) is 29.4 Å². The Morgan fingerprint density at radius 2 is 2.10 bits per heavy atom. The average molecular weight is 385 g/mol. The molecule has 1 N–H and O–H groups in total. The number of furan rings is 1. The molecule has 2 rings (SSSR count). The van der Waals surface area contributed by atoms with Gasteiger partial charge in [-0.25, -0.2) is 0 Å². The minimum Gasteiger partial charge on any atom is -0.489 e. The van der Waals surface area contributed by atoms with Crippen LogP contribution in [0.2, 0.25) is 0 Å². The lowest BCUT2D eigenvalue weighted by molar-refractivity contribution is 0.302. The molecular formula is C16H20INO2. The lowest BCUT2D eigenvalue weighted by Gasteiger charge is -2.05. The molecule has 0 fully saturated rings. The zero-order chi connectivity index (χ0) is 14.5. The molecule has 1 heterocycles. The molecule has 0 saturated heterocycles. The molecule has 0 spiro atoms. The normalized spacial score (nSPS) is 11.1. The average Bonchev–Trinajstić information content (AvgIpc) is 2.75. The summed E-state index contributed by atoms with van der Waals surface area (Å²) < 4.78 is 12.7. The van der Waals surface area contributed by atoms with Gasteiger partial charge in [0.25, 0.3) is 0 Å². The number of hydrogen-bond donors (Lipinski definition) is 1. The van der Waals surface area contributed by atoms with Gasteiger partial charge in [0, 0.05) is 15.2 Å². The third-order valence-corrected chi connectivity index (χ3v) is 3.62. The number of ether oxygens (including phenoxy) is 1. The summed E-state index contributed by atoms with van der Waals surface area (Å²) >= 11 is 2.28. The van der Waals surface area contributed by atoms with Gasteiger partial charge in [-0.2, -0.15) is 0 Å². The van der Waals surface area contributed by atoms with Crippen LogP contribution in [-0.4, -0.2) is 6.04 Å². The highest BCUT2D eigenvalue weighted by atomic mass is 127. The molecule has 0 aliphatic rings. The Hall–Kier alpha value is -1.01. The highest BCUT2D eigenvalue weighted by molar-refractivity contribution is 14.1. The molecule has 20 heavy (non-hydrogen) atoms. The molecule has 2 aromatic rings. The predicted octanol–water partition coefficient (Wildman–Crippen LogP) is 4.27. The van der Waals surface area contributed by atoms with Crippen LogP contribution in [0, 0.1) is 10.5 Å². The van der Waals surface area contributed by atoms with Crippen LogP contribution >= 0.6 is 22.6 Å². The summed E-state index contributed by atoms with van der Waals surface area (Å²) in [4.78, 5) is 0. The fourth-order valence-electron chi connectivity index (χ4n) is 1.84. The molecule has 0 saturated carbocycles. The maximum atomic E-state index is 5.81. The molecule has 0 bridgehead atoms. The Bertz CT molecular complexity index is 563. The monoisotopic (exact) mass is 385 g/mol. The fraction of sp³-hybridized carbons (Fsp3) is 0.375. The first-order valence-electron chi connectivity index (χ1n) is 6.74. The Morgan fingerprint density at radius 1 is 1.30 bits per heavy atom. The van der Waals surface area contributed by atoms with Crippen molar-refractivity contribution in [2.45, 2.75) is 40.0 Å². The zero-order valence-corrected chi connectivity index (χ0v) is 14.2. The number of halogens is 1. The predicted molar refractivity (Wildman–Crippen MR) is 88.9 cm³/mol. The van der Waals surface area contributed by atoms with Gasteiger partial charge in [-0.05, 0) is 53.8 Å². The first-order chi connectivity index (χ1) is 9.54. The summed E-state index contributed by atoms with van der Waals surface area (Å²) in [6.45, 7) is 7.51. The van der Waals surface area contributed by atoms with Crippen molar-refractivity contribution < 1.29 is 9.15 Å². The van der Waals surface area contributed by atoms with Gasteiger partial charge in [0.1, 0.15) is 23.9 Å². The summed E-state index contributed by atoms with van der Waals surface area (Å²) in [5.41, 5.74) is 1.10. The number of rotatable bonds is 6. The van der Waals surface area contributed by atoms with Crippen molar-refractivity contribution in [3.63, 3.8) is 0 Å². The van der Waals surface area contributed by atoms with Crippen LogP contribution in [0.5, 0.6) is 5.75 Å². The van der Waals surface area contributed by atoms with E-state index in [-0.39, 0.29) is 0 Å². The Morgan fingerprint density at radius 3 is 2.80 bits per heavy atom. The molecule has 4 heteroatoms. The van der Waals surface area contributed by atoms with Crippen LogP contribution in [0.1, 0.15) is 30.9 Å². The van der Waals surface area contributed by atoms with E-state index in [2.05, 4.69) is 47.8 Å². The van der Waals surface area contributed by atoms with Crippen LogP contribution < -0.4 is 10.1 Å². The molecule has 0 amide bonds. The lowest BCUT2D eigenvalue weighted by Crippen LogP contribution is -2.21. The van der Waals surface area contributed by atoms with Gasteiger partial charge in [-0.15, -0.1) is 0 Å². The highest BCUT2D eigenvalue weighted by Gasteiger charge is 2.08. The van der Waals surface area contributed by atoms with Crippen molar-refractivity contribution in [2.24, 2.45) is 0 Å². The molecule has 1 aromatic heterocycles. The van der Waals surface area contributed by atoms with Crippen molar-refractivity contribution in [1.29, 1.82) is 0 Å². The van der Waals surface area contributed by atoms with Crippen molar-refractivity contribution in [3.05, 3.63) is 51.0 Å². The zero-order valence-electron chi connectivity index (χ0n) is 12.1. The SMILES string of the molecule is Cc1oc(CNC(C)C)cc1COc1cccc(I)c1. The van der Waals surface area contributed by atoms with Crippen LogP contribution in [0.25, 0.3) is 0 Å². The van der Waals surface area contributed by atoms with E-state index in [9.17, 15) is 0 Å². The van der Waals surface area contributed by atoms with Gasteiger partial charge in [0.05, 0.1) is 6.54 Å². The highest BCUT2D eigenvalue weighted by Crippen LogP contribution is 2.19. The van der Waals surface area contributed by atoms with Crippen LogP contribution in [0.4, 0.5) is 0 Å². The van der Waals surface area contributed by atoms with Crippen molar-refractivity contribution in [2.75, 3.05) is 0 Å². The second-order valence-corrected chi connectivity index (χ2v) is 6.32. The van der Waals surface area contributed by atoms with Crippen molar-refractivity contribution in [3.8, 4) is 5.75 Å². The van der Waals surface area contributed by atoms with Gasteiger partial charge < -0.3 is 14.5 Å². The van der Waals surface area contributed by atoms with Crippen LogP contribution in [0.15, 0.2) is 34.7 Å². The van der Waals surface area contributed by atoms with E-state index in [4.69, 9.17) is 9.15 Å². The Balaban J connectivity index is 1.96. The third kappa shape index (κ3) is 4.52. The molecule has 0 aliphatic carbocycles. The topological polar surface area (TPSA) is 34.4 Å². The van der Waals surface area contributed by atoms with E-state index in [1.807, 2.05) is 31.2 Å². The van der Waals surface area contributed by atoms with Crippen LogP contribution in [0.3, 0.4) is 0 Å². The van der Waals surface area contributed by atoms with Gasteiger partial charge in [-0.3, -0.25) is 0 Å². The molecule has 108 valence electrons. The van der Waals surface area contributed by atoms with Gasteiger partial charge >= 0.3 is 0 Å². The van der Waals surface area contributed by atoms with E-state index in [1.165, 1.54) is 3.57 Å². The van der Waals surface area contributed by atoms with E-state index < -0.39 is 0 Å². The van der Waals surface area contributed by atoms with E-state index in [0.29, 0.717) is 12.6 Å². The first kappa shape index (κ1) is 15.4. The maximum absolute atomic E-state index is 5.81. The number of hydrogen-bond acceptors (Lipinski definition) is 3. The number of aryl methyl sites for hydroxylation is 1. The second kappa shape index (κ2) is 7.13. The van der Waals surface area contributed by atoms with E-state index >= 15 is 0 Å². The van der Waals surface area contributed by atoms with Crippen molar-refractivity contribution >= 4 is 22.6 Å². The second-order valence-electron chi connectivity index (χ2n) is 5.08. The number of benzene rings is 1. The first-order valence-corrected chi connectivity index (χ1v) is 7.82. The van der Waals surface area contributed by atoms with Gasteiger partial charge in [0.15, 0.2) is 0 Å². The molecule has 0 atom stereocenters. The molecule has 0 unspecified atom stereocenters. The number of nitrogens with one attached hydrogen (secondary N) is 1. The molecule has 1 aromatic carbocycles. The minimum atomic E-state index is 0.450. The summed E-state index contributed by atoms with van der Waals surface area (Å²) in [5, 5.41) is 3.35. The maximum Gasteiger partial charge on any atom is 0.120 e. The summed E-state index contributed by atoms with van der Waals surface area (Å²) in [6.07, 6.45) is 0. The largest absolute Gasteiger partial charge is 0.489 e. The summed E-state index contributed by atoms with van der Waals surface area (Å²) in [6, 6.07) is 10.6. The minimum absolute atomic E-state index is 0.450. The Labute approximate surface area is 133 Å².